The number of ether oxygens (including phenoxy) is 1. The zero-order chi connectivity index (χ0) is 22.6. The predicted octanol–water partition coefficient (Wildman–Crippen LogP) is 4.78. The van der Waals surface area contributed by atoms with Crippen molar-refractivity contribution in [2.45, 2.75) is 17.9 Å². The van der Waals surface area contributed by atoms with Crippen molar-refractivity contribution >= 4 is 33.2 Å². The van der Waals surface area contributed by atoms with E-state index in [0.717, 1.165) is 0 Å². The molecule has 31 heavy (non-hydrogen) atoms. The summed E-state index contributed by atoms with van der Waals surface area (Å²) < 4.78 is 46.6. The highest BCUT2D eigenvalue weighted by molar-refractivity contribution is 7.92. The molecule has 0 spiro atoms. The van der Waals surface area contributed by atoms with Gasteiger partial charge in [-0.15, -0.1) is 0 Å². The maximum absolute atomic E-state index is 13.4. The fourth-order valence-electron chi connectivity index (χ4n) is 2.86. The van der Waals surface area contributed by atoms with Crippen LogP contribution in [0.4, 0.5) is 10.1 Å². The molecule has 0 saturated heterocycles. The summed E-state index contributed by atoms with van der Waals surface area (Å²) in [5.41, 5.74) is 0.991. The summed E-state index contributed by atoms with van der Waals surface area (Å²) in [5.74, 6) is -0.357. The maximum Gasteiger partial charge on any atom is 0.263 e. The van der Waals surface area contributed by atoms with Crippen molar-refractivity contribution in [1.29, 1.82) is 0 Å². The number of halogens is 2. The number of rotatable bonds is 7. The molecule has 9 heteroatoms. The van der Waals surface area contributed by atoms with Gasteiger partial charge < -0.3 is 10.1 Å². The molecule has 0 aliphatic heterocycles. The van der Waals surface area contributed by atoms with Crippen molar-refractivity contribution in [2.75, 3.05) is 11.8 Å². The normalized spacial score (nSPS) is 12.1. The van der Waals surface area contributed by atoms with Gasteiger partial charge in [0.25, 0.3) is 15.9 Å². The topological polar surface area (TPSA) is 84.5 Å². The lowest BCUT2D eigenvalue weighted by Gasteiger charge is -2.15. The summed E-state index contributed by atoms with van der Waals surface area (Å²) >= 11 is 6.11. The van der Waals surface area contributed by atoms with Crippen LogP contribution in [0.15, 0.2) is 71.6 Å². The Labute approximate surface area is 185 Å². The number of amides is 1. The molecular weight excluding hydrogens is 443 g/mol. The van der Waals surface area contributed by atoms with Crippen molar-refractivity contribution in [3.8, 4) is 5.75 Å². The molecule has 0 fully saturated rings. The first-order valence-corrected chi connectivity index (χ1v) is 11.1. The fourth-order valence-corrected chi connectivity index (χ4v) is 4.44. The molecule has 0 bridgehead atoms. The molecule has 1 atom stereocenters. The molecule has 0 heterocycles. The van der Waals surface area contributed by atoms with Crippen LogP contribution in [0.5, 0.6) is 5.75 Å². The number of sulfonamides is 1. The monoisotopic (exact) mass is 462 g/mol. The van der Waals surface area contributed by atoms with Crippen LogP contribution in [-0.4, -0.2) is 21.4 Å². The Balaban J connectivity index is 1.82. The standard InChI is InChI=1S/C22H20ClFN2O4S/c1-14(15-4-3-5-17(24)12-15)25-22(27)16-6-11-20(23)21(13-16)31(28,29)26-18-7-9-19(30-2)10-8-18/h3-14,26H,1-2H3,(H,25,27). The van der Waals surface area contributed by atoms with E-state index in [4.69, 9.17) is 16.3 Å². The maximum atomic E-state index is 13.4. The third-order valence-corrected chi connectivity index (χ3v) is 6.38. The van der Waals surface area contributed by atoms with Crippen molar-refractivity contribution < 1.29 is 22.3 Å². The van der Waals surface area contributed by atoms with Crippen LogP contribution in [0, 0.1) is 5.82 Å². The first kappa shape index (κ1) is 22.6. The van der Waals surface area contributed by atoms with Crippen LogP contribution in [0.2, 0.25) is 5.02 Å². The van der Waals surface area contributed by atoms with E-state index >= 15 is 0 Å². The van der Waals surface area contributed by atoms with Gasteiger partial charge in [0.05, 0.1) is 18.2 Å². The molecule has 1 amide bonds. The lowest BCUT2D eigenvalue weighted by Crippen LogP contribution is -2.27. The second-order valence-electron chi connectivity index (χ2n) is 6.73. The van der Waals surface area contributed by atoms with E-state index in [1.807, 2.05) is 0 Å². The van der Waals surface area contributed by atoms with Crippen molar-refractivity contribution in [3.05, 3.63) is 88.7 Å². The van der Waals surface area contributed by atoms with Gasteiger partial charge in [-0.3, -0.25) is 9.52 Å². The van der Waals surface area contributed by atoms with Gasteiger partial charge in [0, 0.05) is 11.3 Å². The van der Waals surface area contributed by atoms with Crippen molar-refractivity contribution in [3.63, 3.8) is 0 Å². The van der Waals surface area contributed by atoms with Gasteiger partial charge in [-0.05, 0) is 67.1 Å². The lowest BCUT2D eigenvalue weighted by molar-refractivity contribution is 0.0939. The minimum Gasteiger partial charge on any atom is -0.497 e. The highest BCUT2D eigenvalue weighted by atomic mass is 35.5. The summed E-state index contributed by atoms with van der Waals surface area (Å²) in [6.45, 7) is 1.70. The first-order chi connectivity index (χ1) is 14.7. The minimum atomic E-state index is -4.06. The van der Waals surface area contributed by atoms with Gasteiger partial charge in [0.2, 0.25) is 0 Å². The second-order valence-corrected chi connectivity index (χ2v) is 8.79. The van der Waals surface area contributed by atoms with E-state index in [1.54, 1.807) is 43.3 Å². The summed E-state index contributed by atoms with van der Waals surface area (Å²) in [5, 5.41) is 2.69. The quantitative estimate of drug-likeness (QED) is 0.529. The number of nitrogens with one attached hydrogen (secondary N) is 2. The van der Waals surface area contributed by atoms with E-state index in [1.165, 1.54) is 37.4 Å². The van der Waals surface area contributed by atoms with Gasteiger partial charge >= 0.3 is 0 Å². The predicted molar refractivity (Wildman–Crippen MR) is 118 cm³/mol. The molecule has 0 radical (unpaired) electrons. The zero-order valence-corrected chi connectivity index (χ0v) is 18.3. The molecule has 162 valence electrons. The Morgan fingerprint density at radius 3 is 2.42 bits per heavy atom. The number of carbonyl (C=O) groups excluding carboxylic acids is 1. The lowest BCUT2D eigenvalue weighted by atomic mass is 10.1. The van der Waals surface area contributed by atoms with E-state index < -0.39 is 27.8 Å². The van der Waals surface area contributed by atoms with Gasteiger partial charge in [-0.25, -0.2) is 12.8 Å². The Kier molecular flexibility index (Phi) is 6.82. The number of benzene rings is 3. The van der Waals surface area contributed by atoms with Gasteiger partial charge in [-0.1, -0.05) is 23.7 Å². The van der Waals surface area contributed by atoms with Crippen LogP contribution in [0.1, 0.15) is 28.9 Å². The summed E-state index contributed by atoms with van der Waals surface area (Å²) in [6.07, 6.45) is 0. The molecule has 3 rings (SSSR count). The molecular formula is C22H20ClFN2O4S. The highest BCUT2D eigenvalue weighted by Gasteiger charge is 2.21. The Hall–Kier alpha value is -3.10. The average Bonchev–Trinajstić information content (AvgIpc) is 2.74. The number of anilines is 1. The smallest absolute Gasteiger partial charge is 0.263 e. The summed E-state index contributed by atoms with van der Waals surface area (Å²) in [6, 6.07) is 15.6. The van der Waals surface area contributed by atoms with Gasteiger partial charge in [0.1, 0.15) is 16.5 Å². The number of hydrogen-bond acceptors (Lipinski definition) is 4. The molecule has 0 aliphatic carbocycles. The SMILES string of the molecule is COc1ccc(NS(=O)(=O)c2cc(C(=O)NC(C)c3cccc(F)c3)ccc2Cl)cc1. The zero-order valence-electron chi connectivity index (χ0n) is 16.7. The third kappa shape index (κ3) is 5.53. The molecule has 2 N–H and O–H groups in total. The van der Waals surface area contributed by atoms with E-state index in [-0.39, 0.29) is 15.5 Å². The van der Waals surface area contributed by atoms with Gasteiger partial charge in [-0.2, -0.15) is 0 Å². The van der Waals surface area contributed by atoms with Crippen LogP contribution in [-0.2, 0) is 10.0 Å². The van der Waals surface area contributed by atoms with E-state index in [9.17, 15) is 17.6 Å². The number of methoxy groups -OCH3 is 1. The average molecular weight is 463 g/mol. The fraction of sp³-hybridized carbons (Fsp3) is 0.136. The second kappa shape index (κ2) is 9.36. The summed E-state index contributed by atoms with van der Waals surface area (Å²) in [4.78, 5) is 12.4. The van der Waals surface area contributed by atoms with Gasteiger partial charge in [0.15, 0.2) is 0 Å². The first-order valence-electron chi connectivity index (χ1n) is 9.22. The van der Waals surface area contributed by atoms with Crippen molar-refractivity contribution in [2.24, 2.45) is 0 Å². The molecule has 0 aliphatic rings. The third-order valence-electron chi connectivity index (χ3n) is 4.52. The minimum absolute atomic E-state index is 0.0317. The van der Waals surface area contributed by atoms with Crippen LogP contribution >= 0.6 is 11.6 Å². The Bertz CT molecular complexity index is 1200. The molecule has 0 saturated carbocycles. The van der Waals surface area contributed by atoms with E-state index in [2.05, 4.69) is 10.0 Å². The number of hydrogen-bond donors (Lipinski definition) is 2. The number of carbonyl (C=O) groups is 1. The molecule has 3 aromatic rings. The molecule has 1 unspecified atom stereocenters. The Morgan fingerprint density at radius 2 is 1.77 bits per heavy atom. The largest absolute Gasteiger partial charge is 0.497 e. The summed E-state index contributed by atoms with van der Waals surface area (Å²) in [7, 11) is -2.55. The molecule has 3 aromatic carbocycles. The van der Waals surface area contributed by atoms with Crippen LogP contribution < -0.4 is 14.8 Å². The molecule has 6 nitrogen and oxygen atoms in total. The highest BCUT2D eigenvalue weighted by Crippen LogP contribution is 2.26. The van der Waals surface area contributed by atoms with Crippen LogP contribution in [0.25, 0.3) is 0 Å². The van der Waals surface area contributed by atoms with E-state index in [0.29, 0.717) is 17.0 Å². The molecule has 0 aromatic heterocycles. The Morgan fingerprint density at radius 1 is 1.06 bits per heavy atom. The van der Waals surface area contributed by atoms with Crippen LogP contribution in [0.3, 0.4) is 0 Å². The van der Waals surface area contributed by atoms with Crippen molar-refractivity contribution in [1.82, 2.24) is 5.32 Å².